The number of hydrogen-bond acceptors (Lipinski definition) is 5. The molecule has 32 heavy (non-hydrogen) atoms. The number of nitrogens with one attached hydrogen (secondary N) is 2. The summed E-state index contributed by atoms with van der Waals surface area (Å²) in [5.74, 6) is 0.716. The van der Waals surface area contributed by atoms with Crippen LogP contribution in [-0.4, -0.2) is 32.2 Å². The first kappa shape index (κ1) is 21.0. The molecule has 7 nitrogen and oxygen atoms in total. The van der Waals surface area contributed by atoms with Crippen LogP contribution in [0.2, 0.25) is 0 Å². The molecule has 1 spiro atoms. The molecule has 2 atom stereocenters. The van der Waals surface area contributed by atoms with Crippen LogP contribution in [0.3, 0.4) is 0 Å². The SMILES string of the molecule is Cn1c(N2CCC3(CC2)Cc2cccc4c2[C@H]3N[S@+]([O-])C4(C)C)nc2[nH]cc(I)c2c1=O. The summed E-state index contributed by atoms with van der Waals surface area (Å²) < 4.78 is 18.8. The van der Waals surface area contributed by atoms with Gasteiger partial charge in [0.25, 0.3) is 5.56 Å². The van der Waals surface area contributed by atoms with Gasteiger partial charge < -0.3 is 14.4 Å². The van der Waals surface area contributed by atoms with Crippen LogP contribution in [0.1, 0.15) is 49.4 Å². The van der Waals surface area contributed by atoms with E-state index in [4.69, 9.17) is 4.98 Å². The van der Waals surface area contributed by atoms with E-state index in [0.29, 0.717) is 17.0 Å². The molecule has 1 aromatic carbocycles. The van der Waals surface area contributed by atoms with E-state index in [1.807, 2.05) is 13.2 Å². The number of nitrogens with zero attached hydrogens (tertiary/aromatic N) is 3. The summed E-state index contributed by atoms with van der Waals surface area (Å²) in [4.78, 5) is 23.1. The predicted octanol–water partition coefficient (Wildman–Crippen LogP) is 3.25. The fourth-order valence-corrected chi connectivity index (χ4v) is 7.87. The van der Waals surface area contributed by atoms with Crippen molar-refractivity contribution in [2.24, 2.45) is 12.5 Å². The Bertz CT molecular complexity index is 1310. The topological polar surface area (TPSA) is 89.0 Å². The van der Waals surface area contributed by atoms with Gasteiger partial charge in [0.2, 0.25) is 5.95 Å². The highest BCUT2D eigenvalue weighted by Gasteiger charge is 2.56. The van der Waals surface area contributed by atoms with E-state index in [2.05, 4.69) is 69.2 Å². The van der Waals surface area contributed by atoms with E-state index in [9.17, 15) is 9.35 Å². The summed E-state index contributed by atoms with van der Waals surface area (Å²) >= 11 is 1.04. The average Bonchev–Trinajstić information content (AvgIpc) is 3.28. The number of fused-ring (bicyclic) bond motifs is 2. The molecule has 6 rings (SSSR count). The van der Waals surface area contributed by atoms with Crippen LogP contribution in [0.25, 0.3) is 11.0 Å². The third kappa shape index (κ3) is 2.74. The predicted molar refractivity (Wildman–Crippen MR) is 135 cm³/mol. The summed E-state index contributed by atoms with van der Waals surface area (Å²) in [6.45, 7) is 5.78. The number of H-pyrrole nitrogens is 1. The Labute approximate surface area is 203 Å². The van der Waals surface area contributed by atoms with Crippen molar-refractivity contribution in [2.45, 2.75) is 43.9 Å². The maximum absolute atomic E-state index is 13.1. The van der Waals surface area contributed by atoms with Crippen molar-refractivity contribution < 1.29 is 4.55 Å². The minimum absolute atomic E-state index is 0.0135. The Morgan fingerprint density at radius 2 is 2.03 bits per heavy atom. The Kier molecular flexibility index (Phi) is 4.58. The fourth-order valence-electron chi connectivity index (χ4n) is 5.97. The minimum Gasteiger partial charge on any atom is -0.597 e. The Balaban J connectivity index is 1.33. The standard InChI is InChI=1S/C23H26IN5O2S/c1-22(2)14-6-4-5-13-11-23(18(16(13)14)27-32(22)31)7-9-29(10-8-23)21-26-19-17(15(24)12-25-19)20(30)28(21)3/h4-6,12,18,25,27H,7-11H2,1-3H3/t18-,32-/m1/s1. The molecular formula is C23H26IN5O2S. The van der Waals surface area contributed by atoms with E-state index >= 15 is 0 Å². The van der Waals surface area contributed by atoms with Crippen LogP contribution in [-0.2, 0) is 29.6 Å². The smallest absolute Gasteiger partial charge is 0.265 e. The first-order chi connectivity index (χ1) is 15.2. The lowest BCUT2D eigenvalue weighted by Crippen LogP contribution is -2.53. The second-order valence-electron chi connectivity index (χ2n) is 9.87. The molecule has 0 amide bonds. The number of piperidine rings is 1. The van der Waals surface area contributed by atoms with E-state index < -0.39 is 11.4 Å². The molecule has 2 aliphatic heterocycles. The lowest BCUT2D eigenvalue weighted by atomic mass is 9.72. The molecule has 9 heteroatoms. The molecular weight excluding hydrogens is 537 g/mol. The molecule has 3 aliphatic rings. The first-order valence-corrected chi connectivity index (χ1v) is 13.2. The third-order valence-electron chi connectivity index (χ3n) is 7.86. The summed E-state index contributed by atoms with van der Waals surface area (Å²) in [5, 5.41) is 0.653. The highest BCUT2D eigenvalue weighted by Crippen LogP contribution is 2.57. The van der Waals surface area contributed by atoms with Crippen molar-refractivity contribution in [3.63, 3.8) is 0 Å². The molecule has 2 N–H and O–H groups in total. The van der Waals surface area contributed by atoms with Crippen molar-refractivity contribution in [2.75, 3.05) is 18.0 Å². The minimum atomic E-state index is -1.13. The van der Waals surface area contributed by atoms with Crippen molar-refractivity contribution >= 4 is 50.9 Å². The highest BCUT2D eigenvalue weighted by atomic mass is 127. The van der Waals surface area contributed by atoms with E-state index in [1.165, 1.54) is 16.7 Å². The van der Waals surface area contributed by atoms with E-state index in [0.717, 1.165) is 35.9 Å². The molecule has 0 saturated carbocycles. The Morgan fingerprint density at radius 3 is 2.78 bits per heavy atom. The van der Waals surface area contributed by atoms with Crippen molar-refractivity contribution in [3.05, 3.63) is 55.0 Å². The number of anilines is 1. The van der Waals surface area contributed by atoms with Gasteiger partial charge in [-0.2, -0.15) is 4.98 Å². The Hall–Kier alpha value is -1.56. The number of benzene rings is 1. The number of rotatable bonds is 1. The summed E-state index contributed by atoms with van der Waals surface area (Å²) in [5.41, 5.74) is 4.68. The maximum atomic E-state index is 13.1. The van der Waals surface area contributed by atoms with Crippen LogP contribution >= 0.6 is 22.6 Å². The molecule has 3 aromatic rings. The molecule has 1 fully saturated rings. The van der Waals surface area contributed by atoms with Crippen LogP contribution in [0.4, 0.5) is 5.95 Å². The van der Waals surface area contributed by atoms with Crippen LogP contribution < -0.4 is 15.2 Å². The quantitative estimate of drug-likeness (QED) is 0.351. The molecule has 2 aromatic heterocycles. The molecule has 1 saturated heterocycles. The molecule has 4 heterocycles. The van der Waals surface area contributed by atoms with Gasteiger partial charge >= 0.3 is 0 Å². The second-order valence-corrected chi connectivity index (χ2v) is 12.8. The van der Waals surface area contributed by atoms with Gasteiger partial charge in [0, 0.05) is 52.2 Å². The number of aromatic nitrogens is 3. The molecule has 1 aliphatic carbocycles. The summed E-state index contributed by atoms with van der Waals surface area (Å²) in [7, 11) is 1.81. The average molecular weight is 563 g/mol. The number of aromatic amines is 1. The summed E-state index contributed by atoms with van der Waals surface area (Å²) in [6, 6.07) is 6.64. The van der Waals surface area contributed by atoms with Crippen molar-refractivity contribution in [1.82, 2.24) is 19.3 Å². The molecule has 0 unspecified atom stereocenters. The van der Waals surface area contributed by atoms with Gasteiger partial charge in [0.1, 0.15) is 5.65 Å². The van der Waals surface area contributed by atoms with Crippen LogP contribution in [0, 0.1) is 8.99 Å². The fraction of sp³-hybridized carbons (Fsp3) is 0.478. The number of hydrogen-bond donors (Lipinski definition) is 2. The Morgan fingerprint density at radius 1 is 1.28 bits per heavy atom. The monoisotopic (exact) mass is 563 g/mol. The lowest BCUT2D eigenvalue weighted by Gasteiger charge is -2.46. The molecule has 0 radical (unpaired) electrons. The van der Waals surface area contributed by atoms with E-state index in [-0.39, 0.29) is 21.8 Å². The van der Waals surface area contributed by atoms with Gasteiger partial charge in [0.05, 0.1) is 11.4 Å². The zero-order valence-corrected chi connectivity index (χ0v) is 21.3. The van der Waals surface area contributed by atoms with Gasteiger partial charge in [-0.15, -0.1) is 4.72 Å². The highest BCUT2D eigenvalue weighted by molar-refractivity contribution is 14.1. The molecule has 168 valence electrons. The summed E-state index contributed by atoms with van der Waals surface area (Å²) in [6.07, 6.45) is 4.77. The second kappa shape index (κ2) is 6.97. The number of halogens is 1. The maximum Gasteiger partial charge on any atom is 0.265 e. The van der Waals surface area contributed by atoms with Gasteiger partial charge in [-0.1, -0.05) is 18.2 Å². The van der Waals surface area contributed by atoms with E-state index in [1.54, 1.807) is 4.57 Å². The third-order valence-corrected chi connectivity index (χ3v) is 10.3. The van der Waals surface area contributed by atoms with Crippen LogP contribution in [0.5, 0.6) is 0 Å². The molecule has 0 bridgehead atoms. The zero-order chi connectivity index (χ0) is 22.4. The first-order valence-electron chi connectivity index (χ1n) is 11.0. The lowest BCUT2D eigenvalue weighted by molar-refractivity contribution is 0.172. The normalized spacial score (nSPS) is 25.5. The van der Waals surface area contributed by atoms with Gasteiger partial charge in [-0.25, -0.2) is 0 Å². The van der Waals surface area contributed by atoms with Crippen molar-refractivity contribution in [3.8, 4) is 0 Å². The largest absolute Gasteiger partial charge is 0.597 e. The van der Waals surface area contributed by atoms with Gasteiger partial charge in [0.15, 0.2) is 4.75 Å². The van der Waals surface area contributed by atoms with Gasteiger partial charge in [-0.05, 0) is 66.8 Å². The van der Waals surface area contributed by atoms with Gasteiger partial charge in [-0.3, -0.25) is 9.36 Å². The van der Waals surface area contributed by atoms with Crippen molar-refractivity contribution in [1.29, 1.82) is 0 Å². The zero-order valence-electron chi connectivity index (χ0n) is 18.4. The van der Waals surface area contributed by atoms with Crippen LogP contribution in [0.15, 0.2) is 29.2 Å².